The zero-order chi connectivity index (χ0) is 18.1. The van der Waals surface area contributed by atoms with E-state index in [4.69, 9.17) is 27.9 Å². The van der Waals surface area contributed by atoms with Crippen LogP contribution in [0.2, 0.25) is 10.0 Å². The van der Waals surface area contributed by atoms with Crippen molar-refractivity contribution in [3.05, 3.63) is 64.1 Å². The zero-order valence-electron chi connectivity index (χ0n) is 14.0. The van der Waals surface area contributed by atoms with Crippen LogP contribution in [0.4, 0.5) is 0 Å². The number of carbonyl (C=O) groups is 1. The lowest BCUT2D eigenvalue weighted by Gasteiger charge is -2.18. The minimum Gasteiger partial charge on any atom is -0.479 e. The van der Waals surface area contributed by atoms with E-state index in [-0.39, 0.29) is 5.91 Å². The fraction of sp³-hybridized carbons (Fsp3) is 0.316. The normalized spacial score (nSPS) is 11.8. The molecule has 1 amide bonds. The lowest BCUT2D eigenvalue weighted by atomic mass is 10.2. The van der Waals surface area contributed by atoms with E-state index in [1.165, 1.54) is 5.56 Å². The molecule has 0 aliphatic rings. The number of benzene rings is 2. The lowest BCUT2D eigenvalue weighted by molar-refractivity contribution is -0.127. The van der Waals surface area contributed by atoms with Crippen LogP contribution < -0.4 is 10.1 Å². The number of para-hydroxylation sites is 1. The number of hydrogen-bond donors (Lipinski definition) is 1. The van der Waals surface area contributed by atoms with Crippen molar-refractivity contribution in [2.45, 2.75) is 25.2 Å². The van der Waals surface area contributed by atoms with Crippen LogP contribution >= 0.6 is 35.0 Å². The van der Waals surface area contributed by atoms with Crippen LogP contribution in [-0.4, -0.2) is 24.3 Å². The summed E-state index contributed by atoms with van der Waals surface area (Å²) in [5.74, 6) is 2.09. The summed E-state index contributed by atoms with van der Waals surface area (Å²) in [4.78, 5) is 12.3. The summed E-state index contributed by atoms with van der Waals surface area (Å²) >= 11 is 13.8. The van der Waals surface area contributed by atoms with Crippen LogP contribution in [0.5, 0.6) is 5.75 Å². The number of rotatable bonds is 9. The molecule has 134 valence electrons. The molecule has 0 spiro atoms. The summed E-state index contributed by atoms with van der Waals surface area (Å²) in [6, 6.07) is 15.0. The number of ether oxygens (including phenoxy) is 1. The molecule has 2 rings (SSSR count). The lowest BCUT2D eigenvalue weighted by Crippen LogP contribution is -2.39. The van der Waals surface area contributed by atoms with E-state index in [0.29, 0.717) is 23.7 Å². The third-order valence-electron chi connectivity index (χ3n) is 3.47. The fourth-order valence-electron chi connectivity index (χ4n) is 2.19. The molecule has 0 radical (unpaired) electrons. The average Bonchev–Trinajstić information content (AvgIpc) is 2.60. The smallest absolute Gasteiger partial charge is 0.261 e. The summed E-state index contributed by atoms with van der Waals surface area (Å²) in [5.41, 5.74) is 1.18. The van der Waals surface area contributed by atoms with Crippen LogP contribution in [0.25, 0.3) is 0 Å². The van der Waals surface area contributed by atoms with Crippen LogP contribution in [0.1, 0.15) is 18.9 Å². The highest BCUT2D eigenvalue weighted by Gasteiger charge is 2.18. The van der Waals surface area contributed by atoms with E-state index in [1.807, 2.05) is 43.3 Å². The van der Waals surface area contributed by atoms with Gasteiger partial charge >= 0.3 is 0 Å². The molecule has 2 aromatic carbocycles. The molecule has 0 aromatic heterocycles. The van der Waals surface area contributed by atoms with E-state index < -0.39 is 6.10 Å². The number of nitrogens with one attached hydrogen (secondary N) is 1. The Balaban J connectivity index is 1.72. The van der Waals surface area contributed by atoms with Gasteiger partial charge in [-0.05, 0) is 36.2 Å². The number of hydrogen-bond acceptors (Lipinski definition) is 3. The van der Waals surface area contributed by atoms with Crippen LogP contribution in [0.3, 0.4) is 0 Å². The predicted molar refractivity (Wildman–Crippen MR) is 107 cm³/mol. The maximum atomic E-state index is 12.3. The minimum absolute atomic E-state index is 0.120. The molecular formula is C19H21Cl2NO2S. The van der Waals surface area contributed by atoms with Crippen LogP contribution in [0.15, 0.2) is 48.5 Å². The molecule has 0 heterocycles. The SMILES string of the molecule is CC[C@@H](Oc1ccccc1Cl)C(=O)NCCSCc1cccc(Cl)c1. The van der Waals surface area contributed by atoms with Gasteiger partial charge in [0.1, 0.15) is 5.75 Å². The van der Waals surface area contributed by atoms with Crippen LogP contribution in [0, 0.1) is 0 Å². The van der Waals surface area contributed by atoms with Crippen molar-refractivity contribution in [3.63, 3.8) is 0 Å². The van der Waals surface area contributed by atoms with E-state index >= 15 is 0 Å². The Morgan fingerprint density at radius 1 is 1.20 bits per heavy atom. The largest absolute Gasteiger partial charge is 0.479 e. The predicted octanol–water partition coefficient (Wildman–Crippen LogP) is 5.20. The van der Waals surface area contributed by atoms with Crippen molar-refractivity contribution in [3.8, 4) is 5.75 Å². The molecule has 0 saturated heterocycles. The second kappa shape index (κ2) is 10.6. The summed E-state index contributed by atoms with van der Waals surface area (Å²) in [6.45, 7) is 2.50. The minimum atomic E-state index is -0.544. The van der Waals surface area contributed by atoms with Crippen molar-refractivity contribution < 1.29 is 9.53 Å². The Morgan fingerprint density at radius 3 is 2.72 bits per heavy atom. The maximum Gasteiger partial charge on any atom is 0.261 e. The maximum absolute atomic E-state index is 12.3. The summed E-state index contributed by atoms with van der Waals surface area (Å²) in [5, 5.41) is 4.17. The molecule has 3 nitrogen and oxygen atoms in total. The van der Waals surface area contributed by atoms with Gasteiger partial charge in [-0.1, -0.05) is 54.4 Å². The van der Waals surface area contributed by atoms with E-state index in [0.717, 1.165) is 16.5 Å². The number of carbonyl (C=O) groups excluding carboxylic acids is 1. The molecule has 1 N–H and O–H groups in total. The molecule has 1 atom stereocenters. The van der Waals surface area contributed by atoms with Gasteiger partial charge in [0.2, 0.25) is 0 Å². The van der Waals surface area contributed by atoms with E-state index in [9.17, 15) is 4.79 Å². The molecule has 0 bridgehead atoms. The Bertz CT molecular complexity index is 697. The van der Waals surface area contributed by atoms with Crippen molar-refractivity contribution in [2.24, 2.45) is 0 Å². The molecule has 25 heavy (non-hydrogen) atoms. The summed E-state index contributed by atoms with van der Waals surface area (Å²) in [7, 11) is 0. The topological polar surface area (TPSA) is 38.3 Å². The molecular weight excluding hydrogens is 377 g/mol. The van der Waals surface area contributed by atoms with Gasteiger partial charge in [0.25, 0.3) is 5.91 Å². The highest BCUT2D eigenvalue weighted by Crippen LogP contribution is 2.24. The third kappa shape index (κ3) is 6.81. The number of halogens is 2. The molecule has 0 unspecified atom stereocenters. The van der Waals surface area contributed by atoms with Crippen molar-refractivity contribution in [1.29, 1.82) is 0 Å². The van der Waals surface area contributed by atoms with Gasteiger partial charge in [0.15, 0.2) is 6.10 Å². The highest BCUT2D eigenvalue weighted by atomic mass is 35.5. The molecule has 0 aliphatic heterocycles. The Kier molecular flexibility index (Phi) is 8.45. The molecule has 6 heteroatoms. The molecule has 0 aliphatic carbocycles. The van der Waals surface area contributed by atoms with Crippen molar-refractivity contribution in [2.75, 3.05) is 12.3 Å². The van der Waals surface area contributed by atoms with Crippen LogP contribution in [-0.2, 0) is 10.5 Å². The van der Waals surface area contributed by atoms with E-state index in [1.54, 1.807) is 23.9 Å². The van der Waals surface area contributed by atoms with Gasteiger partial charge < -0.3 is 10.1 Å². The van der Waals surface area contributed by atoms with Gasteiger partial charge in [-0.3, -0.25) is 4.79 Å². The standard InChI is InChI=1S/C19H21Cl2NO2S/c1-2-17(24-18-9-4-3-8-16(18)21)19(23)22-10-11-25-13-14-6-5-7-15(20)12-14/h3-9,12,17H,2,10-11,13H2,1H3,(H,22,23)/t17-/m1/s1. The quantitative estimate of drug-likeness (QED) is 0.590. The van der Waals surface area contributed by atoms with E-state index in [2.05, 4.69) is 5.32 Å². The van der Waals surface area contributed by atoms with Gasteiger partial charge in [-0.15, -0.1) is 0 Å². The molecule has 2 aromatic rings. The number of thioether (sulfide) groups is 1. The van der Waals surface area contributed by atoms with Gasteiger partial charge in [-0.2, -0.15) is 11.8 Å². The average molecular weight is 398 g/mol. The summed E-state index contributed by atoms with van der Waals surface area (Å²) in [6.07, 6.45) is 0.0324. The van der Waals surface area contributed by atoms with Gasteiger partial charge in [0, 0.05) is 23.1 Å². The molecule has 0 fully saturated rings. The first-order valence-corrected chi connectivity index (χ1v) is 10.0. The fourth-order valence-corrected chi connectivity index (χ4v) is 3.39. The van der Waals surface area contributed by atoms with Crippen molar-refractivity contribution in [1.82, 2.24) is 5.32 Å². The monoisotopic (exact) mass is 397 g/mol. The Morgan fingerprint density at radius 2 is 2.00 bits per heavy atom. The van der Waals surface area contributed by atoms with Crippen molar-refractivity contribution >= 4 is 40.9 Å². The Labute approximate surface area is 163 Å². The highest BCUT2D eigenvalue weighted by molar-refractivity contribution is 7.98. The first-order chi connectivity index (χ1) is 12.1. The molecule has 0 saturated carbocycles. The third-order valence-corrected chi connectivity index (χ3v) is 5.05. The summed E-state index contributed by atoms with van der Waals surface area (Å²) < 4.78 is 5.73. The first-order valence-electron chi connectivity index (χ1n) is 8.11. The second-order valence-corrected chi connectivity index (χ2v) is 7.37. The Hall–Kier alpha value is -1.36. The van der Waals surface area contributed by atoms with Gasteiger partial charge in [-0.25, -0.2) is 0 Å². The second-order valence-electron chi connectivity index (χ2n) is 5.42. The zero-order valence-corrected chi connectivity index (χ0v) is 16.3. The number of amides is 1. The first kappa shape index (κ1) is 20.0. The van der Waals surface area contributed by atoms with Gasteiger partial charge in [0.05, 0.1) is 5.02 Å².